The van der Waals surface area contributed by atoms with E-state index in [0.717, 1.165) is 35.4 Å². The van der Waals surface area contributed by atoms with E-state index in [4.69, 9.17) is 16.3 Å². The molecule has 36 heavy (non-hydrogen) atoms. The van der Waals surface area contributed by atoms with Gasteiger partial charge in [-0.25, -0.2) is 0 Å². The molecule has 1 heterocycles. The van der Waals surface area contributed by atoms with Crippen molar-refractivity contribution in [1.82, 2.24) is 0 Å². The quantitative estimate of drug-likeness (QED) is 0.367. The summed E-state index contributed by atoms with van der Waals surface area (Å²) in [6, 6.07) is 10.5. The standard InChI is InChI=1S/C28H29ClN2O3.C2H6/c1-28(2)14-22-25(24(33)15-28)26(30-21-9-6-10-23(32)27(21)31-22)19-12-11-18(13-20(19)29)34-16-17-7-4-3-5-8-17;1-2/h4,6-13,26,30-32H,3,5,14-16H2,1-2H3;1-2H3. The molecule has 3 aliphatic rings. The third-order valence-corrected chi connectivity index (χ3v) is 6.91. The van der Waals surface area contributed by atoms with E-state index in [9.17, 15) is 9.90 Å². The molecule has 6 heteroatoms. The minimum absolute atomic E-state index is 0.0796. The third kappa shape index (κ3) is 5.46. The number of ketones is 1. The lowest BCUT2D eigenvalue weighted by atomic mass is 9.73. The molecule has 0 fully saturated rings. The highest BCUT2D eigenvalue weighted by Crippen LogP contribution is 2.48. The molecule has 0 spiro atoms. The topological polar surface area (TPSA) is 70.6 Å². The first-order valence-electron chi connectivity index (χ1n) is 12.7. The Bertz CT molecular complexity index is 1240. The molecular formula is C30H35ClN2O3. The first-order chi connectivity index (χ1) is 17.3. The van der Waals surface area contributed by atoms with Crippen LogP contribution in [-0.4, -0.2) is 17.5 Å². The van der Waals surface area contributed by atoms with Crippen molar-refractivity contribution in [3.63, 3.8) is 0 Å². The summed E-state index contributed by atoms with van der Waals surface area (Å²) in [6.07, 6.45) is 9.70. The Morgan fingerprint density at radius 3 is 2.67 bits per heavy atom. The molecule has 0 radical (unpaired) electrons. The van der Waals surface area contributed by atoms with E-state index < -0.39 is 6.04 Å². The van der Waals surface area contributed by atoms with Crippen molar-refractivity contribution >= 4 is 28.8 Å². The zero-order valence-electron chi connectivity index (χ0n) is 21.5. The Morgan fingerprint density at radius 2 is 1.94 bits per heavy atom. The van der Waals surface area contributed by atoms with Gasteiger partial charge in [-0.3, -0.25) is 4.79 Å². The molecule has 2 aliphatic carbocycles. The van der Waals surface area contributed by atoms with Crippen molar-refractivity contribution in [3.8, 4) is 11.5 Å². The van der Waals surface area contributed by atoms with Gasteiger partial charge >= 0.3 is 0 Å². The van der Waals surface area contributed by atoms with E-state index in [1.807, 2.05) is 38.1 Å². The molecule has 0 saturated heterocycles. The molecule has 5 rings (SSSR count). The van der Waals surface area contributed by atoms with E-state index in [0.29, 0.717) is 41.5 Å². The van der Waals surface area contributed by atoms with Gasteiger partial charge in [0.2, 0.25) is 0 Å². The van der Waals surface area contributed by atoms with Gasteiger partial charge in [-0.1, -0.05) is 69.7 Å². The van der Waals surface area contributed by atoms with Crippen LogP contribution in [0.2, 0.25) is 5.02 Å². The van der Waals surface area contributed by atoms with Gasteiger partial charge in [0, 0.05) is 22.7 Å². The van der Waals surface area contributed by atoms with Crippen LogP contribution in [0, 0.1) is 5.41 Å². The van der Waals surface area contributed by atoms with E-state index in [2.05, 4.69) is 42.7 Å². The zero-order chi connectivity index (χ0) is 25.9. The third-order valence-electron chi connectivity index (χ3n) is 6.59. The molecule has 2 aromatic carbocycles. The van der Waals surface area contributed by atoms with Crippen LogP contribution in [-0.2, 0) is 4.79 Å². The summed E-state index contributed by atoms with van der Waals surface area (Å²) >= 11 is 6.78. The predicted octanol–water partition coefficient (Wildman–Crippen LogP) is 7.95. The smallest absolute Gasteiger partial charge is 0.163 e. The molecule has 5 nitrogen and oxygen atoms in total. The number of phenols is 1. The average molecular weight is 507 g/mol. The molecule has 0 bridgehead atoms. The Hall–Kier alpha value is -3.18. The summed E-state index contributed by atoms with van der Waals surface area (Å²) in [7, 11) is 0. The zero-order valence-corrected chi connectivity index (χ0v) is 22.2. The van der Waals surface area contributed by atoms with Crippen LogP contribution in [0.1, 0.15) is 65.0 Å². The van der Waals surface area contributed by atoms with Gasteiger partial charge in [-0.2, -0.15) is 0 Å². The van der Waals surface area contributed by atoms with Crippen LogP contribution >= 0.6 is 11.6 Å². The second kappa shape index (κ2) is 10.8. The van der Waals surface area contributed by atoms with E-state index >= 15 is 0 Å². The Balaban J connectivity index is 0.00000148. The highest BCUT2D eigenvalue weighted by molar-refractivity contribution is 6.31. The number of anilines is 2. The monoisotopic (exact) mass is 506 g/mol. The summed E-state index contributed by atoms with van der Waals surface area (Å²) < 4.78 is 5.97. The second-order valence-electron chi connectivity index (χ2n) is 9.97. The maximum atomic E-state index is 13.4. The SMILES string of the molecule is CC.CC1(C)CC(=O)C2=C(C1)Nc1c(O)cccc1NC2c1ccc(OCC2=CCCC=C2)cc1Cl. The Kier molecular flexibility index (Phi) is 7.79. The number of fused-ring (bicyclic) bond motifs is 1. The van der Waals surface area contributed by atoms with Gasteiger partial charge < -0.3 is 20.5 Å². The van der Waals surface area contributed by atoms with Crippen molar-refractivity contribution in [2.75, 3.05) is 17.2 Å². The van der Waals surface area contributed by atoms with Crippen LogP contribution in [0.25, 0.3) is 0 Å². The highest BCUT2D eigenvalue weighted by atomic mass is 35.5. The number of hydrogen-bond donors (Lipinski definition) is 3. The maximum Gasteiger partial charge on any atom is 0.163 e. The van der Waals surface area contributed by atoms with Gasteiger partial charge in [-0.05, 0) is 60.1 Å². The number of carbonyl (C=O) groups is 1. The van der Waals surface area contributed by atoms with Gasteiger partial charge in [0.25, 0.3) is 0 Å². The summed E-state index contributed by atoms with van der Waals surface area (Å²) in [5.74, 6) is 0.897. The van der Waals surface area contributed by atoms with Gasteiger partial charge in [0.05, 0.1) is 11.7 Å². The van der Waals surface area contributed by atoms with Gasteiger partial charge in [0.15, 0.2) is 5.78 Å². The number of allylic oxidation sites excluding steroid dienone is 3. The van der Waals surface area contributed by atoms with Crippen LogP contribution in [0.4, 0.5) is 11.4 Å². The number of phenolic OH excluding ortho intramolecular Hbond substituents is 1. The number of nitrogens with one attached hydrogen (secondary N) is 2. The van der Waals surface area contributed by atoms with Crippen LogP contribution in [0.5, 0.6) is 11.5 Å². The lowest BCUT2D eigenvalue weighted by Crippen LogP contribution is -2.31. The lowest BCUT2D eigenvalue weighted by Gasteiger charge is -2.34. The average Bonchev–Trinajstić information content (AvgIpc) is 3.01. The van der Waals surface area contributed by atoms with E-state index in [1.165, 1.54) is 0 Å². The van der Waals surface area contributed by atoms with Crippen molar-refractivity contribution in [2.24, 2.45) is 5.41 Å². The van der Waals surface area contributed by atoms with Crippen LogP contribution < -0.4 is 15.4 Å². The summed E-state index contributed by atoms with van der Waals surface area (Å²) in [6.45, 7) is 8.67. The molecule has 1 unspecified atom stereocenters. The fourth-order valence-electron chi connectivity index (χ4n) is 4.96. The molecule has 190 valence electrons. The molecule has 0 saturated carbocycles. The first kappa shape index (κ1) is 25.9. The molecule has 0 amide bonds. The second-order valence-corrected chi connectivity index (χ2v) is 10.4. The predicted molar refractivity (Wildman–Crippen MR) is 148 cm³/mol. The summed E-state index contributed by atoms with van der Waals surface area (Å²) in [4.78, 5) is 13.4. The van der Waals surface area contributed by atoms with E-state index in [1.54, 1.807) is 12.1 Å². The largest absolute Gasteiger partial charge is 0.506 e. The number of carbonyl (C=O) groups excluding carboxylic acids is 1. The molecular weight excluding hydrogens is 472 g/mol. The number of Topliss-reactive ketones (excluding diaryl/α,β-unsaturated/α-hetero) is 1. The molecule has 1 aliphatic heterocycles. The van der Waals surface area contributed by atoms with Gasteiger partial charge in [-0.15, -0.1) is 0 Å². The Labute approximate surface area is 218 Å². The number of para-hydroxylation sites is 1. The van der Waals surface area contributed by atoms with Gasteiger partial charge in [0.1, 0.15) is 23.8 Å². The maximum absolute atomic E-state index is 13.4. The number of rotatable bonds is 4. The minimum Gasteiger partial charge on any atom is -0.506 e. The first-order valence-corrected chi connectivity index (χ1v) is 13.1. The number of ether oxygens (including phenoxy) is 1. The molecule has 0 aromatic heterocycles. The number of hydrogen-bond acceptors (Lipinski definition) is 5. The van der Waals surface area contributed by atoms with E-state index in [-0.39, 0.29) is 16.9 Å². The van der Waals surface area contributed by atoms with Crippen LogP contribution in [0.3, 0.4) is 0 Å². The lowest BCUT2D eigenvalue weighted by molar-refractivity contribution is -0.118. The Morgan fingerprint density at radius 1 is 1.14 bits per heavy atom. The minimum atomic E-state index is -0.445. The summed E-state index contributed by atoms with van der Waals surface area (Å²) in [5.41, 5.74) is 4.57. The molecule has 3 N–H and O–H groups in total. The number of halogens is 1. The fourth-order valence-corrected chi connectivity index (χ4v) is 5.24. The number of benzene rings is 2. The summed E-state index contributed by atoms with van der Waals surface area (Å²) in [5, 5.41) is 17.9. The fraction of sp³-hybridized carbons (Fsp3) is 0.367. The molecule has 2 aromatic rings. The van der Waals surface area contributed by atoms with Crippen molar-refractivity contribution < 1.29 is 14.6 Å². The molecule has 1 atom stereocenters. The van der Waals surface area contributed by atoms with Crippen molar-refractivity contribution in [2.45, 2.75) is 59.4 Å². The van der Waals surface area contributed by atoms with Crippen molar-refractivity contribution in [3.05, 3.63) is 82.1 Å². The normalized spacial score (nSPS) is 20.0. The van der Waals surface area contributed by atoms with Crippen LogP contribution in [0.15, 0.2) is 71.5 Å². The highest BCUT2D eigenvalue weighted by Gasteiger charge is 2.39. The number of aromatic hydroxyl groups is 1. The van der Waals surface area contributed by atoms with Crippen molar-refractivity contribution in [1.29, 1.82) is 0 Å².